The Balaban J connectivity index is 1.78. The fraction of sp³-hybridized carbons (Fsp3) is 0.333. The SMILES string of the molecule is C[C@H](NC(=O)CNc1cccc2c1C(=O)N(C1CCC(=O)NC1=O)C2=O)C(=O)O. The fourth-order valence-electron chi connectivity index (χ4n) is 3.19. The van der Waals surface area contributed by atoms with Crippen LogP contribution in [0.2, 0.25) is 0 Å². The van der Waals surface area contributed by atoms with E-state index in [0.717, 1.165) is 4.90 Å². The number of carboxylic acids is 1. The first-order valence-electron chi connectivity index (χ1n) is 8.81. The first-order valence-corrected chi connectivity index (χ1v) is 8.81. The minimum Gasteiger partial charge on any atom is -0.480 e. The van der Waals surface area contributed by atoms with Crippen LogP contribution in [0.15, 0.2) is 18.2 Å². The average Bonchev–Trinajstić information content (AvgIpc) is 2.91. The zero-order valence-corrected chi connectivity index (χ0v) is 15.4. The van der Waals surface area contributed by atoms with Crippen LogP contribution < -0.4 is 16.0 Å². The van der Waals surface area contributed by atoms with Gasteiger partial charge in [-0.05, 0) is 25.5 Å². The largest absolute Gasteiger partial charge is 0.480 e. The minimum absolute atomic E-state index is 0.0108. The van der Waals surface area contributed by atoms with Gasteiger partial charge in [0.25, 0.3) is 11.8 Å². The van der Waals surface area contributed by atoms with E-state index in [0.29, 0.717) is 0 Å². The van der Waals surface area contributed by atoms with Crippen LogP contribution in [0.3, 0.4) is 0 Å². The van der Waals surface area contributed by atoms with E-state index in [9.17, 15) is 28.8 Å². The van der Waals surface area contributed by atoms with E-state index in [1.165, 1.54) is 25.1 Å². The second-order valence-corrected chi connectivity index (χ2v) is 6.66. The van der Waals surface area contributed by atoms with Crippen LogP contribution >= 0.6 is 0 Å². The van der Waals surface area contributed by atoms with Crippen molar-refractivity contribution in [3.05, 3.63) is 29.3 Å². The molecule has 5 amide bonds. The average molecular weight is 402 g/mol. The van der Waals surface area contributed by atoms with Crippen LogP contribution in [0.1, 0.15) is 40.5 Å². The molecule has 1 fully saturated rings. The molecule has 0 aliphatic carbocycles. The topological polar surface area (TPSA) is 162 Å². The molecule has 4 N–H and O–H groups in total. The molecule has 1 aromatic carbocycles. The number of aliphatic carboxylic acids is 1. The lowest BCUT2D eigenvalue weighted by Gasteiger charge is -2.27. The molecule has 11 nitrogen and oxygen atoms in total. The van der Waals surface area contributed by atoms with Gasteiger partial charge in [-0.1, -0.05) is 6.07 Å². The van der Waals surface area contributed by atoms with Gasteiger partial charge < -0.3 is 15.7 Å². The lowest BCUT2D eigenvalue weighted by atomic mass is 10.0. The molecule has 0 radical (unpaired) electrons. The molecule has 3 rings (SSSR count). The van der Waals surface area contributed by atoms with Crippen molar-refractivity contribution in [2.75, 3.05) is 11.9 Å². The molecule has 1 aromatic rings. The Kier molecular flexibility index (Phi) is 5.31. The van der Waals surface area contributed by atoms with E-state index in [2.05, 4.69) is 16.0 Å². The Morgan fingerprint density at radius 3 is 2.62 bits per heavy atom. The highest BCUT2D eigenvalue weighted by atomic mass is 16.4. The van der Waals surface area contributed by atoms with Gasteiger partial charge in [0.05, 0.1) is 17.7 Å². The third-order valence-corrected chi connectivity index (χ3v) is 4.66. The molecule has 2 atom stereocenters. The van der Waals surface area contributed by atoms with Crippen LogP contribution in [0.4, 0.5) is 5.69 Å². The maximum absolute atomic E-state index is 12.9. The van der Waals surface area contributed by atoms with Crippen LogP contribution in [-0.2, 0) is 19.2 Å². The van der Waals surface area contributed by atoms with Crippen molar-refractivity contribution in [2.24, 2.45) is 0 Å². The smallest absolute Gasteiger partial charge is 0.325 e. The van der Waals surface area contributed by atoms with Crippen molar-refractivity contribution in [1.82, 2.24) is 15.5 Å². The zero-order chi connectivity index (χ0) is 21.3. The Morgan fingerprint density at radius 1 is 1.24 bits per heavy atom. The number of nitrogens with one attached hydrogen (secondary N) is 3. The van der Waals surface area contributed by atoms with Crippen LogP contribution in [-0.4, -0.2) is 64.1 Å². The van der Waals surface area contributed by atoms with Crippen LogP contribution in [0, 0.1) is 0 Å². The number of benzene rings is 1. The predicted molar refractivity (Wildman–Crippen MR) is 96.8 cm³/mol. The molecule has 0 spiro atoms. The molecular formula is C18H18N4O7. The predicted octanol–water partition coefficient (Wildman–Crippen LogP) is -0.911. The van der Waals surface area contributed by atoms with E-state index in [4.69, 9.17) is 5.11 Å². The van der Waals surface area contributed by atoms with Gasteiger partial charge in [0.2, 0.25) is 17.7 Å². The highest BCUT2D eigenvalue weighted by Gasteiger charge is 2.45. The molecule has 1 unspecified atom stereocenters. The van der Waals surface area contributed by atoms with Gasteiger partial charge in [-0.15, -0.1) is 0 Å². The standard InChI is InChI=1S/C18H18N4O7/c1-8(18(28)29)20-13(24)7-19-10-4-2-3-9-14(10)17(27)22(16(9)26)11-5-6-12(23)21-15(11)25/h2-4,8,11,19H,5-7H2,1H3,(H,20,24)(H,28,29)(H,21,23,25)/t8-,11?/m0/s1. The second-order valence-electron chi connectivity index (χ2n) is 6.66. The van der Waals surface area contributed by atoms with Crippen molar-refractivity contribution in [3.63, 3.8) is 0 Å². The van der Waals surface area contributed by atoms with Gasteiger partial charge in [0.15, 0.2) is 0 Å². The number of fused-ring (bicyclic) bond motifs is 1. The van der Waals surface area contributed by atoms with E-state index in [-0.39, 0.29) is 36.2 Å². The summed E-state index contributed by atoms with van der Waals surface area (Å²) in [4.78, 5) is 72.5. The maximum atomic E-state index is 12.9. The zero-order valence-electron chi connectivity index (χ0n) is 15.4. The molecule has 1 saturated heterocycles. The lowest BCUT2D eigenvalue weighted by molar-refractivity contribution is -0.141. The summed E-state index contributed by atoms with van der Waals surface area (Å²) in [6, 6.07) is 2.26. The van der Waals surface area contributed by atoms with Gasteiger partial charge in [0.1, 0.15) is 12.1 Å². The second kappa shape index (κ2) is 7.70. The van der Waals surface area contributed by atoms with Crippen molar-refractivity contribution >= 4 is 41.2 Å². The third-order valence-electron chi connectivity index (χ3n) is 4.66. The highest BCUT2D eigenvalue weighted by molar-refractivity contribution is 6.25. The highest BCUT2D eigenvalue weighted by Crippen LogP contribution is 2.32. The summed E-state index contributed by atoms with van der Waals surface area (Å²) in [6.45, 7) is 0.981. The molecule has 2 heterocycles. The molecule has 0 aromatic heterocycles. The number of anilines is 1. The number of imide groups is 2. The number of carboxylic acid groups (broad SMARTS) is 1. The fourth-order valence-corrected chi connectivity index (χ4v) is 3.19. The van der Waals surface area contributed by atoms with Crippen molar-refractivity contribution in [3.8, 4) is 0 Å². The summed E-state index contributed by atoms with van der Waals surface area (Å²) in [5.41, 5.74) is 0.291. The van der Waals surface area contributed by atoms with E-state index < -0.39 is 47.6 Å². The number of carbonyl (C=O) groups excluding carboxylic acids is 5. The molecule has 0 saturated carbocycles. The molecule has 0 bridgehead atoms. The summed E-state index contributed by atoms with van der Waals surface area (Å²) in [6.07, 6.45) is 0.0469. The maximum Gasteiger partial charge on any atom is 0.325 e. The number of piperidine rings is 1. The number of hydrogen-bond acceptors (Lipinski definition) is 7. The summed E-state index contributed by atoms with van der Waals surface area (Å²) in [7, 11) is 0. The number of amides is 5. The summed E-state index contributed by atoms with van der Waals surface area (Å²) in [5, 5.41) is 15.9. The Morgan fingerprint density at radius 2 is 1.97 bits per heavy atom. The number of hydrogen-bond donors (Lipinski definition) is 4. The molecular weight excluding hydrogens is 384 g/mol. The van der Waals surface area contributed by atoms with Gasteiger partial charge in [0, 0.05) is 12.1 Å². The minimum atomic E-state index is -1.19. The molecule has 11 heteroatoms. The monoisotopic (exact) mass is 402 g/mol. The first-order chi connectivity index (χ1) is 13.7. The normalized spacial score (nSPS) is 19.5. The summed E-state index contributed by atoms with van der Waals surface area (Å²) < 4.78 is 0. The quantitative estimate of drug-likeness (QED) is 0.445. The third kappa shape index (κ3) is 3.79. The van der Waals surface area contributed by atoms with Gasteiger partial charge in [-0.2, -0.15) is 0 Å². The molecule has 2 aliphatic rings. The number of nitrogens with zero attached hydrogens (tertiary/aromatic N) is 1. The van der Waals surface area contributed by atoms with E-state index in [1.54, 1.807) is 0 Å². The number of rotatable bonds is 6. The molecule has 152 valence electrons. The number of carbonyl (C=O) groups is 6. The van der Waals surface area contributed by atoms with Crippen molar-refractivity contribution < 1.29 is 33.9 Å². The van der Waals surface area contributed by atoms with Crippen molar-refractivity contribution in [2.45, 2.75) is 31.8 Å². The molecule has 29 heavy (non-hydrogen) atoms. The van der Waals surface area contributed by atoms with Gasteiger partial charge in [-0.25, -0.2) is 0 Å². The van der Waals surface area contributed by atoms with E-state index in [1.807, 2.05) is 0 Å². The van der Waals surface area contributed by atoms with Crippen LogP contribution in [0.25, 0.3) is 0 Å². The Labute approximate surface area is 164 Å². The lowest BCUT2D eigenvalue weighted by Crippen LogP contribution is -2.54. The van der Waals surface area contributed by atoms with Crippen LogP contribution in [0.5, 0.6) is 0 Å². The van der Waals surface area contributed by atoms with E-state index >= 15 is 0 Å². The molecule has 2 aliphatic heterocycles. The first kappa shape index (κ1) is 20.0. The summed E-state index contributed by atoms with van der Waals surface area (Å²) in [5.74, 6) is -4.36. The van der Waals surface area contributed by atoms with Gasteiger partial charge in [-0.3, -0.25) is 39.0 Å². The van der Waals surface area contributed by atoms with Gasteiger partial charge >= 0.3 is 5.97 Å². The van der Waals surface area contributed by atoms with Crippen molar-refractivity contribution in [1.29, 1.82) is 0 Å². The Bertz CT molecular complexity index is 942. The Hall–Kier alpha value is -3.76. The summed E-state index contributed by atoms with van der Waals surface area (Å²) >= 11 is 0.